The summed E-state index contributed by atoms with van der Waals surface area (Å²) in [4.78, 5) is 2.43. The molecule has 0 aromatic heterocycles. The highest BCUT2D eigenvalue weighted by Gasteiger charge is 2.29. The first-order valence-electron chi connectivity index (χ1n) is 6.64. The van der Waals surface area contributed by atoms with Gasteiger partial charge in [0.2, 0.25) is 0 Å². The molecule has 1 unspecified atom stereocenters. The number of hydrogen-bond acceptors (Lipinski definition) is 2. The van der Waals surface area contributed by atoms with E-state index in [-0.39, 0.29) is 0 Å². The lowest BCUT2D eigenvalue weighted by molar-refractivity contribution is 0.418. The topological polar surface area (TPSA) is 15.3 Å². The van der Waals surface area contributed by atoms with E-state index in [0.717, 1.165) is 18.1 Å². The number of rotatable bonds is 3. The minimum atomic E-state index is 0.293. The molecule has 18 heavy (non-hydrogen) atoms. The van der Waals surface area contributed by atoms with Crippen molar-refractivity contribution in [1.82, 2.24) is 5.32 Å². The number of halogens is 1. The summed E-state index contributed by atoms with van der Waals surface area (Å²) in [6.07, 6.45) is 1.25. The molecule has 1 atom stereocenters. The van der Waals surface area contributed by atoms with E-state index in [1.54, 1.807) is 0 Å². The fourth-order valence-electron chi connectivity index (χ4n) is 2.55. The lowest BCUT2D eigenvalue weighted by Crippen LogP contribution is -2.22. The Morgan fingerprint density at radius 2 is 2.11 bits per heavy atom. The highest BCUT2D eigenvalue weighted by atomic mass is 35.5. The fraction of sp³-hybridized carbons (Fsp3) is 0.600. The number of nitrogens with zero attached hydrogens (tertiary/aromatic N) is 1. The first kappa shape index (κ1) is 13.7. The van der Waals surface area contributed by atoms with E-state index < -0.39 is 0 Å². The van der Waals surface area contributed by atoms with Gasteiger partial charge in [0.05, 0.1) is 0 Å². The van der Waals surface area contributed by atoms with Gasteiger partial charge in [-0.25, -0.2) is 0 Å². The average molecular weight is 267 g/mol. The van der Waals surface area contributed by atoms with Crippen molar-refractivity contribution in [3.8, 4) is 0 Å². The first-order valence-corrected chi connectivity index (χ1v) is 7.02. The second-order valence-corrected chi connectivity index (χ2v) is 6.46. The van der Waals surface area contributed by atoms with Gasteiger partial charge in [-0.15, -0.1) is 0 Å². The zero-order valence-electron chi connectivity index (χ0n) is 11.8. The zero-order chi connectivity index (χ0) is 13.3. The molecule has 1 aromatic rings. The Balaban J connectivity index is 2.19. The van der Waals surface area contributed by atoms with Crippen molar-refractivity contribution >= 4 is 17.3 Å². The van der Waals surface area contributed by atoms with Gasteiger partial charge in [0, 0.05) is 29.8 Å². The van der Waals surface area contributed by atoms with Crippen LogP contribution in [-0.2, 0) is 0 Å². The van der Waals surface area contributed by atoms with Crippen LogP contribution >= 0.6 is 11.6 Å². The van der Waals surface area contributed by atoms with Crippen LogP contribution in [0.4, 0.5) is 5.69 Å². The number of benzene rings is 1. The van der Waals surface area contributed by atoms with E-state index in [1.807, 2.05) is 7.05 Å². The Hall–Kier alpha value is -0.730. The molecule has 100 valence electrons. The molecular formula is C15H23ClN2. The molecule has 1 aliphatic heterocycles. The lowest BCUT2D eigenvalue weighted by atomic mass is 9.93. The van der Waals surface area contributed by atoms with Gasteiger partial charge >= 0.3 is 0 Å². The van der Waals surface area contributed by atoms with Crippen molar-refractivity contribution in [2.24, 2.45) is 5.41 Å². The summed E-state index contributed by atoms with van der Waals surface area (Å²) in [6.45, 7) is 9.02. The van der Waals surface area contributed by atoms with Crippen LogP contribution in [0.2, 0.25) is 5.02 Å². The number of anilines is 1. The van der Waals surface area contributed by atoms with Crippen LogP contribution in [0.15, 0.2) is 18.2 Å². The zero-order valence-corrected chi connectivity index (χ0v) is 12.5. The molecule has 1 aromatic carbocycles. The van der Waals surface area contributed by atoms with Gasteiger partial charge in [-0.2, -0.15) is 0 Å². The standard InChI is InChI=1S/C15H23ClN2/c1-11(17-4)13-6-5-12(9-14(13)16)18-8-7-15(2,3)10-18/h5-6,9,11,17H,7-8,10H2,1-4H3. The van der Waals surface area contributed by atoms with Gasteiger partial charge < -0.3 is 10.2 Å². The molecule has 0 aliphatic carbocycles. The molecule has 3 heteroatoms. The van der Waals surface area contributed by atoms with Crippen LogP contribution in [0.1, 0.15) is 38.8 Å². The van der Waals surface area contributed by atoms with E-state index in [9.17, 15) is 0 Å². The third-order valence-corrected chi connectivity index (χ3v) is 4.25. The maximum absolute atomic E-state index is 6.39. The third-order valence-electron chi connectivity index (χ3n) is 3.93. The summed E-state index contributed by atoms with van der Waals surface area (Å²) in [6, 6.07) is 6.73. The third kappa shape index (κ3) is 2.81. The molecule has 0 amide bonds. The number of hydrogen-bond donors (Lipinski definition) is 1. The Morgan fingerprint density at radius 3 is 2.61 bits per heavy atom. The molecule has 0 saturated carbocycles. The molecule has 1 aliphatic rings. The van der Waals surface area contributed by atoms with Crippen molar-refractivity contribution < 1.29 is 0 Å². The van der Waals surface area contributed by atoms with Gasteiger partial charge in [-0.3, -0.25) is 0 Å². The van der Waals surface area contributed by atoms with Crippen molar-refractivity contribution in [2.75, 3.05) is 25.0 Å². The Morgan fingerprint density at radius 1 is 1.39 bits per heavy atom. The highest BCUT2D eigenvalue weighted by Crippen LogP contribution is 2.34. The van der Waals surface area contributed by atoms with E-state index in [4.69, 9.17) is 11.6 Å². The van der Waals surface area contributed by atoms with Crippen molar-refractivity contribution in [3.05, 3.63) is 28.8 Å². The Bertz CT molecular complexity index is 429. The smallest absolute Gasteiger partial charge is 0.0474 e. The normalized spacial score (nSPS) is 20.2. The van der Waals surface area contributed by atoms with Gasteiger partial charge in [0.1, 0.15) is 0 Å². The maximum atomic E-state index is 6.39. The molecule has 1 heterocycles. The SMILES string of the molecule is CNC(C)c1ccc(N2CCC(C)(C)C2)cc1Cl. The van der Waals surface area contributed by atoms with E-state index in [1.165, 1.54) is 17.7 Å². The number of nitrogens with one attached hydrogen (secondary N) is 1. The molecule has 2 rings (SSSR count). The summed E-state index contributed by atoms with van der Waals surface area (Å²) in [5.74, 6) is 0. The van der Waals surface area contributed by atoms with Crippen molar-refractivity contribution in [3.63, 3.8) is 0 Å². The predicted octanol–water partition coefficient (Wildman–Crippen LogP) is 3.86. The van der Waals surface area contributed by atoms with Crippen molar-refractivity contribution in [1.29, 1.82) is 0 Å². The fourth-order valence-corrected chi connectivity index (χ4v) is 2.89. The van der Waals surface area contributed by atoms with Gasteiger partial charge in [0.15, 0.2) is 0 Å². The maximum Gasteiger partial charge on any atom is 0.0474 e. The van der Waals surface area contributed by atoms with Crippen LogP contribution in [0.3, 0.4) is 0 Å². The summed E-state index contributed by atoms with van der Waals surface area (Å²) in [5, 5.41) is 4.09. The van der Waals surface area contributed by atoms with Gasteiger partial charge in [0.25, 0.3) is 0 Å². The summed E-state index contributed by atoms with van der Waals surface area (Å²) in [7, 11) is 1.96. The van der Waals surface area contributed by atoms with Gasteiger partial charge in [-0.05, 0) is 43.5 Å². The summed E-state index contributed by atoms with van der Waals surface area (Å²) in [5.41, 5.74) is 2.84. The monoisotopic (exact) mass is 266 g/mol. The Labute approximate surface area is 115 Å². The highest BCUT2D eigenvalue weighted by molar-refractivity contribution is 6.31. The average Bonchev–Trinajstić information content (AvgIpc) is 2.68. The summed E-state index contributed by atoms with van der Waals surface area (Å²) >= 11 is 6.39. The molecule has 1 fully saturated rings. The summed E-state index contributed by atoms with van der Waals surface area (Å²) < 4.78 is 0. The largest absolute Gasteiger partial charge is 0.371 e. The second kappa shape index (κ2) is 5.10. The lowest BCUT2D eigenvalue weighted by Gasteiger charge is -2.23. The second-order valence-electron chi connectivity index (χ2n) is 6.05. The van der Waals surface area contributed by atoms with Crippen LogP contribution in [0, 0.1) is 5.41 Å². The minimum Gasteiger partial charge on any atom is -0.371 e. The molecule has 0 radical (unpaired) electrons. The molecule has 0 spiro atoms. The van der Waals surface area contributed by atoms with Gasteiger partial charge in [-0.1, -0.05) is 31.5 Å². The molecule has 2 nitrogen and oxygen atoms in total. The van der Waals surface area contributed by atoms with E-state index in [2.05, 4.69) is 49.2 Å². The van der Waals surface area contributed by atoms with Crippen LogP contribution in [-0.4, -0.2) is 20.1 Å². The van der Waals surface area contributed by atoms with Crippen LogP contribution in [0.25, 0.3) is 0 Å². The van der Waals surface area contributed by atoms with Crippen LogP contribution in [0.5, 0.6) is 0 Å². The van der Waals surface area contributed by atoms with Crippen LogP contribution < -0.4 is 10.2 Å². The van der Waals surface area contributed by atoms with Crippen molar-refractivity contribution in [2.45, 2.75) is 33.2 Å². The molecule has 0 bridgehead atoms. The van der Waals surface area contributed by atoms with E-state index in [0.29, 0.717) is 11.5 Å². The molecular weight excluding hydrogens is 244 g/mol. The minimum absolute atomic E-state index is 0.293. The molecule has 1 N–H and O–H groups in total. The quantitative estimate of drug-likeness (QED) is 0.894. The predicted molar refractivity (Wildman–Crippen MR) is 79.5 cm³/mol. The Kier molecular flexibility index (Phi) is 3.88. The first-order chi connectivity index (χ1) is 8.43. The molecule has 1 saturated heterocycles. The van der Waals surface area contributed by atoms with E-state index >= 15 is 0 Å².